The number of nitrogens with zero attached hydrogens (tertiary/aromatic N) is 1. The molecule has 0 spiro atoms. The molecule has 27 heavy (non-hydrogen) atoms. The zero-order valence-electron chi connectivity index (χ0n) is 15.3. The number of hydrogen-bond acceptors (Lipinski definition) is 4. The van der Waals surface area contributed by atoms with Crippen molar-refractivity contribution in [1.29, 1.82) is 0 Å². The highest BCUT2D eigenvalue weighted by molar-refractivity contribution is 9.10. The van der Waals surface area contributed by atoms with Crippen LogP contribution in [0.1, 0.15) is 25.2 Å². The maximum absolute atomic E-state index is 12.4. The molecule has 1 aromatic heterocycles. The average Bonchev–Trinajstić information content (AvgIpc) is 3.07. The van der Waals surface area contributed by atoms with E-state index in [0.717, 1.165) is 26.9 Å². The van der Waals surface area contributed by atoms with Gasteiger partial charge in [-0.3, -0.25) is 4.79 Å². The number of nitrogens with one attached hydrogen (secondary N) is 2. The maximum atomic E-state index is 12.4. The number of aromatic amines is 1. The van der Waals surface area contributed by atoms with Crippen molar-refractivity contribution in [2.45, 2.75) is 26.8 Å². The van der Waals surface area contributed by atoms with Gasteiger partial charge in [-0.1, -0.05) is 28.1 Å². The Labute approximate surface area is 166 Å². The lowest BCUT2D eigenvalue weighted by Crippen LogP contribution is -2.25. The summed E-state index contributed by atoms with van der Waals surface area (Å²) < 4.78 is 12.0. The summed E-state index contributed by atoms with van der Waals surface area (Å²) in [7, 11) is 0. The zero-order valence-corrected chi connectivity index (χ0v) is 16.9. The molecule has 0 atom stereocenters. The van der Waals surface area contributed by atoms with Crippen LogP contribution in [0.15, 0.2) is 40.9 Å². The minimum Gasteiger partial charge on any atom is -0.490 e. The monoisotopic (exact) mass is 431 g/mol. The van der Waals surface area contributed by atoms with E-state index in [9.17, 15) is 4.79 Å². The number of ether oxygens (including phenoxy) is 2. The smallest absolute Gasteiger partial charge is 0.224 e. The minimum absolute atomic E-state index is 0.0947. The van der Waals surface area contributed by atoms with E-state index in [1.807, 2.05) is 50.2 Å². The summed E-state index contributed by atoms with van der Waals surface area (Å²) in [5.74, 6) is 1.94. The maximum Gasteiger partial charge on any atom is 0.224 e. The lowest BCUT2D eigenvalue weighted by atomic mass is 10.1. The highest BCUT2D eigenvalue weighted by atomic mass is 79.9. The van der Waals surface area contributed by atoms with E-state index in [2.05, 4.69) is 31.2 Å². The first kappa shape index (κ1) is 19.2. The van der Waals surface area contributed by atoms with Crippen molar-refractivity contribution in [3.05, 3.63) is 52.3 Å². The van der Waals surface area contributed by atoms with Gasteiger partial charge in [-0.15, -0.1) is 0 Å². The van der Waals surface area contributed by atoms with E-state index in [1.165, 1.54) is 0 Å². The van der Waals surface area contributed by atoms with E-state index < -0.39 is 0 Å². The molecule has 1 heterocycles. The third-order valence-electron chi connectivity index (χ3n) is 3.95. The van der Waals surface area contributed by atoms with Crippen molar-refractivity contribution >= 4 is 32.9 Å². The fraction of sp³-hybridized carbons (Fsp3) is 0.300. The van der Waals surface area contributed by atoms with E-state index >= 15 is 0 Å². The van der Waals surface area contributed by atoms with Crippen molar-refractivity contribution in [3.63, 3.8) is 0 Å². The number of aromatic nitrogens is 2. The standard InChI is InChI=1S/C20H22BrN3O3/c1-3-26-17-9-13(14(21)11-18(17)27-4-2)10-20(25)22-12-19-23-15-7-5-6-8-16(15)24-19/h5-9,11H,3-4,10,12H2,1-2H3,(H,22,25)(H,23,24). The van der Waals surface area contributed by atoms with E-state index in [-0.39, 0.29) is 12.3 Å². The van der Waals surface area contributed by atoms with E-state index in [0.29, 0.717) is 31.3 Å². The highest BCUT2D eigenvalue weighted by Crippen LogP contribution is 2.34. The number of H-pyrrole nitrogens is 1. The number of carbonyl (C=O) groups is 1. The summed E-state index contributed by atoms with van der Waals surface area (Å²) in [5.41, 5.74) is 2.68. The van der Waals surface area contributed by atoms with Crippen LogP contribution in [0.4, 0.5) is 0 Å². The Hall–Kier alpha value is -2.54. The second kappa shape index (κ2) is 8.90. The number of hydrogen-bond donors (Lipinski definition) is 2. The molecule has 0 saturated carbocycles. The summed E-state index contributed by atoms with van der Waals surface area (Å²) in [4.78, 5) is 20.1. The third-order valence-corrected chi connectivity index (χ3v) is 4.69. The Morgan fingerprint density at radius 2 is 1.85 bits per heavy atom. The van der Waals surface area contributed by atoms with Crippen molar-refractivity contribution in [2.75, 3.05) is 13.2 Å². The molecule has 2 N–H and O–H groups in total. The number of imidazole rings is 1. The Morgan fingerprint density at radius 1 is 1.15 bits per heavy atom. The zero-order chi connectivity index (χ0) is 19.2. The second-order valence-electron chi connectivity index (χ2n) is 5.91. The van der Waals surface area contributed by atoms with E-state index in [4.69, 9.17) is 9.47 Å². The SMILES string of the molecule is CCOc1cc(Br)c(CC(=O)NCc2nc3ccccc3[nH]2)cc1OCC. The summed E-state index contributed by atoms with van der Waals surface area (Å²) >= 11 is 3.52. The van der Waals surface area contributed by atoms with E-state index in [1.54, 1.807) is 0 Å². The van der Waals surface area contributed by atoms with Crippen molar-refractivity contribution < 1.29 is 14.3 Å². The van der Waals surface area contributed by atoms with Crippen LogP contribution in [0.25, 0.3) is 11.0 Å². The Morgan fingerprint density at radius 3 is 2.56 bits per heavy atom. The summed E-state index contributed by atoms with van der Waals surface area (Å²) in [5, 5.41) is 2.90. The van der Waals surface area contributed by atoms with Gasteiger partial charge in [-0.25, -0.2) is 4.98 Å². The first-order valence-electron chi connectivity index (χ1n) is 8.89. The highest BCUT2D eigenvalue weighted by Gasteiger charge is 2.14. The first-order valence-corrected chi connectivity index (χ1v) is 9.68. The number of rotatable bonds is 8. The second-order valence-corrected chi connectivity index (χ2v) is 6.76. The lowest BCUT2D eigenvalue weighted by molar-refractivity contribution is -0.120. The van der Waals surface area contributed by atoms with Crippen LogP contribution < -0.4 is 14.8 Å². The lowest BCUT2D eigenvalue weighted by Gasteiger charge is -2.14. The topological polar surface area (TPSA) is 76.2 Å². The molecule has 0 bridgehead atoms. The molecule has 6 nitrogen and oxygen atoms in total. The van der Waals surface area contributed by atoms with Gasteiger partial charge < -0.3 is 19.8 Å². The van der Waals surface area contributed by atoms with Crippen molar-refractivity contribution in [3.8, 4) is 11.5 Å². The van der Waals surface area contributed by atoms with Gasteiger partial charge in [0.2, 0.25) is 5.91 Å². The Kier molecular flexibility index (Phi) is 6.34. The number of benzene rings is 2. The molecule has 3 rings (SSSR count). The molecule has 0 fully saturated rings. The molecule has 0 aliphatic carbocycles. The minimum atomic E-state index is -0.0947. The van der Waals surface area contributed by atoms with Crippen LogP contribution in [-0.4, -0.2) is 29.1 Å². The number of carbonyl (C=O) groups excluding carboxylic acids is 1. The molecule has 1 amide bonds. The van der Waals surface area contributed by atoms with Crippen LogP contribution in [0.5, 0.6) is 11.5 Å². The quantitative estimate of drug-likeness (QED) is 0.565. The summed E-state index contributed by atoms with van der Waals surface area (Å²) in [6.45, 7) is 5.25. The predicted molar refractivity (Wildman–Crippen MR) is 108 cm³/mol. The van der Waals surface area contributed by atoms with Gasteiger partial charge in [0.05, 0.1) is 37.2 Å². The molecular weight excluding hydrogens is 410 g/mol. The van der Waals surface area contributed by atoms with Gasteiger partial charge in [0.25, 0.3) is 0 Å². The average molecular weight is 432 g/mol. The van der Waals surface area contributed by atoms with Crippen LogP contribution in [0, 0.1) is 0 Å². The summed E-state index contributed by atoms with van der Waals surface area (Å²) in [6.07, 6.45) is 0.229. The molecule has 0 radical (unpaired) electrons. The van der Waals surface area contributed by atoms with Crippen molar-refractivity contribution in [2.24, 2.45) is 0 Å². The van der Waals surface area contributed by atoms with Gasteiger partial charge in [0.15, 0.2) is 11.5 Å². The number of para-hydroxylation sites is 2. The molecular formula is C20H22BrN3O3. The van der Waals surface area contributed by atoms with Gasteiger partial charge in [0, 0.05) is 4.47 Å². The number of halogens is 1. The fourth-order valence-corrected chi connectivity index (χ4v) is 3.22. The molecule has 0 aliphatic heterocycles. The molecule has 2 aromatic carbocycles. The molecule has 7 heteroatoms. The normalized spacial score (nSPS) is 10.8. The van der Waals surface area contributed by atoms with Crippen LogP contribution in [0.3, 0.4) is 0 Å². The van der Waals surface area contributed by atoms with Gasteiger partial charge in [-0.2, -0.15) is 0 Å². The molecule has 0 saturated heterocycles. The Bertz CT molecular complexity index is 906. The fourth-order valence-electron chi connectivity index (χ4n) is 2.76. The van der Waals surface area contributed by atoms with Gasteiger partial charge in [0.1, 0.15) is 5.82 Å². The van der Waals surface area contributed by atoms with Crippen LogP contribution in [-0.2, 0) is 17.8 Å². The predicted octanol–water partition coefficient (Wildman–Crippen LogP) is 3.98. The molecule has 3 aromatic rings. The van der Waals surface area contributed by atoms with Gasteiger partial charge >= 0.3 is 0 Å². The number of amides is 1. The van der Waals surface area contributed by atoms with Gasteiger partial charge in [-0.05, 0) is 43.7 Å². The number of fused-ring (bicyclic) bond motifs is 1. The molecule has 0 unspecified atom stereocenters. The third kappa shape index (κ3) is 4.80. The van der Waals surface area contributed by atoms with Crippen LogP contribution >= 0.6 is 15.9 Å². The van der Waals surface area contributed by atoms with Crippen LogP contribution in [0.2, 0.25) is 0 Å². The first-order chi connectivity index (χ1) is 13.1. The molecule has 0 aliphatic rings. The van der Waals surface area contributed by atoms with Crippen molar-refractivity contribution in [1.82, 2.24) is 15.3 Å². The molecule has 142 valence electrons. The Balaban J connectivity index is 1.66. The largest absolute Gasteiger partial charge is 0.490 e. The summed E-state index contributed by atoms with van der Waals surface area (Å²) in [6, 6.07) is 11.5.